The van der Waals surface area contributed by atoms with Gasteiger partial charge in [-0.05, 0) is 0 Å². The Kier molecular flexibility index (Phi) is 4.38. The Hall–Kier alpha value is -3.34. The highest BCUT2D eigenvalue weighted by atomic mass is 16.6. The van der Waals surface area contributed by atoms with Gasteiger partial charge in [-0.15, -0.1) is 0 Å². The topological polar surface area (TPSA) is 159 Å². The molecule has 0 spiro atoms. The molecule has 1 aromatic carbocycles. The summed E-state index contributed by atoms with van der Waals surface area (Å²) < 4.78 is 10.4. The molecule has 11 nitrogen and oxygen atoms in total. The zero-order valence-corrected chi connectivity index (χ0v) is 13.0. The molecule has 2 aliphatic heterocycles. The lowest BCUT2D eigenvalue weighted by atomic mass is 9.83. The number of carboxylic acids is 1. The predicted molar refractivity (Wildman–Crippen MR) is 82.0 cm³/mol. The smallest absolute Gasteiger partial charge is 0.313 e. The van der Waals surface area contributed by atoms with Crippen LogP contribution in [0.3, 0.4) is 0 Å². The van der Waals surface area contributed by atoms with Crippen molar-refractivity contribution in [3.05, 3.63) is 56.1 Å². The standard InChI is InChI=1S/C15H12N2O9/c18-14(19)12-10-1-2-11(26-10)13(12)15(20)25-6-7-3-8(16(21)22)5-9(4-7)17(23)24/h1-5,10-13H,6H2,(H,18,19). The summed E-state index contributed by atoms with van der Waals surface area (Å²) in [5.74, 6) is -4.17. The van der Waals surface area contributed by atoms with Crippen molar-refractivity contribution in [3.63, 3.8) is 0 Å². The van der Waals surface area contributed by atoms with Crippen LogP contribution in [0.15, 0.2) is 30.4 Å². The maximum absolute atomic E-state index is 12.3. The summed E-state index contributed by atoms with van der Waals surface area (Å²) in [6.07, 6.45) is 1.72. The van der Waals surface area contributed by atoms with Crippen molar-refractivity contribution in [1.29, 1.82) is 0 Å². The zero-order valence-electron chi connectivity index (χ0n) is 13.0. The lowest BCUT2D eigenvalue weighted by molar-refractivity contribution is -0.394. The summed E-state index contributed by atoms with van der Waals surface area (Å²) in [4.78, 5) is 43.8. The van der Waals surface area contributed by atoms with Gasteiger partial charge < -0.3 is 14.6 Å². The van der Waals surface area contributed by atoms with E-state index in [0.29, 0.717) is 0 Å². The van der Waals surface area contributed by atoms with Gasteiger partial charge in [0.2, 0.25) is 0 Å². The average Bonchev–Trinajstić information content (AvgIpc) is 3.20. The fraction of sp³-hybridized carbons (Fsp3) is 0.333. The van der Waals surface area contributed by atoms with Crippen LogP contribution in [0.2, 0.25) is 0 Å². The number of carbonyl (C=O) groups is 2. The fourth-order valence-corrected chi connectivity index (χ4v) is 3.08. The molecule has 11 heteroatoms. The van der Waals surface area contributed by atoms with Gasteiger partial charge in [-0.2, -0.15) is 0 Å². The van der Waals surface area contributed by atoms with Crippen LogP contribution in [-0.4, -0.2) is 39.1 Å². The van der Waals surface area contributed by atoms with Gasteiger partial charge in [0, 0.05) is 17.7 Å². The Balaban J connectivity index is 1.75. The maximum Gasteiger partial charge on any atom is 0.313 e. The second-order valence-corrected chi connectivity index (χ2v) is 5.82. The van der Waals surface area contributed by atoms with E-state index in [2.05, 4.69) is 0 Å². The van der Waals surface area contributed by atoms with Crippen LogP contribution in [0.1, 0.15) is 5.56 Å². The number of aliphatic carboxylic acids is 1. The van der Waals surface area contributed by atoms with E-state index < -0.39 is 63.8 Å². The molecule has 136 valence electrons. The van der Waals surface area contributed by atoms with Gasteiger partial charge >= 0.3 is 11.9 Å². The maximum atomic E-state index is 12.3. The Morgan fingerprint density at radius 2 is 1.58 bits per heavy atom. The molecule has 3 rings (SSSR count). The third-order valence-electron chi connectivity index (χ3n) is 4.22. The third-order valence-corrected chi connectivity index (χ3v) is 4.22. The average molecular weight is 364 g/mol. The number of hydrogen-bond acceptors (Lipinski definition) is 8. The molecule has 1 fully saturated rings. The number of ether oxygens (including phenoxy) is 2. The number of non-ortho nitro benzene ring substituents is 2. The first-order valence-electron chi connectivity index (χ1n) is 7.44. The van der Waals surface area contributed by atoms with Crippen LogP contribution >= 0.6 is 0 Å². The summed E-state index contributed by atoms with van der Waals surface area (Å²) in [5, 5.41) is 31.0. The van der Waals surface area contributed by atoms with Gasteiger partial charge in [-0.25, -0.2) is 0 Å². The first-order valence-corrected chi connectivity index (χ1v) is 7.44. The van der Waals surface area contributed by atoms with Crippen LogP contribution in [-0.2, 0) is 25.7 Å². The molecular formula is C15H12N2O9. The van der Waals surface area contributed by atoms with E-state index in [-0.39, 0.29) is 5.56 Å². The summed E-state index contributed by atoms with van der Waals surface area (Å²) in [5.41, 5.74) is -0.981. The van der Waals surface area contributed by atoms with Crippen LogP contribution < -0.4 is 0 Å². The molecule has 4 unspecified atom stereocenters. The van der Waals surface area contributed by atoms with Crippen molar-refractivity contribution >= 4 is 23.3 Å². The number of benzene rings is 1. The molecule has 26 heavy (non-hydrogen) atoms. The molecule has 0 radical (unpaired) electrons. The second-order valence-electron chi connectivity index (χ2n) is 5.82. The van der Waals surface area contributed by atoms with Crippen LogP contribution in [0.4, 0.5) is 11.4 Å². The van der Waals surface area contributed by atoms with E-state index in [1.165, 1.54) is 0 Å². The van der Waals surface area contributed by atoms with E-state index in [0.717, 1.165) is 18.2 Å². The second kappa shape index (κ2) is 6.52. The first-order chi connectivity index (χ1) is 12.3. The number of rotatable bonds is 6. The van der Waals surface area contributed by atoms with Crippen LogP contribution in [0, 0.1) is 32.1 Å². The minimum atomic E-state index is -1.20. The summed E-state index contributed by atoms with van der Waals surface area (Å²) in [6.45, 7) is -0.467. The first kappa shape index (κ1) is 17.5. The Bertz CT molecular complexity index is 802. The number of nitrogens with zero attached hydrogens (tertiary/aromatic N) is 2. The van der Waals surface area contributed by atoms with Crippen LogP contribution in [0.5, 0.6) is 0 Å². The van der Waals surface area contributed by atoms with E-state index in [4.69, 9.17) is 9.47 Å². The van der Waals surface area contributed by atoms with Crippen molar-refractivity contribution in [2.45, 2.75) is 18.8 Å². The van der Waals surface area contributed by atoms with Crippen LogP contribution in [0.25, 0.3) is 0 Å². The predicted octanol–water partition coefficient (Wildman–Crippen LogP) is 1.20. The minimum Gasteiger partial charge on any atom is -0.481 e. The van der Waals surface area contributed by atoms with E-state index in [9.17, 15) is 34.9 Å². The molecule has 0 saturated carbocycles. The molecule has 1 saturated heterocycles. The quantitative estimate of drug-likeness (QED) is 0.338. The lowest BCUT2D eigenvalue weighted by Gasteiger charge is -2.20. The molecule has 2 heterocycles. The Labute approximate surface area is 145 Å². The Morgan fingerprint density at radius 3 is 2.08 bits per heavy atom. The number of esters is 1. The molecular weight excluding hydrogens is 352 g/mol. The summed E-state index contributed by atoms with van der Waals surface area (Å²) in [6, 6.07) is 2.89. The van der Waals surface area contributed by atoms with Gasteiger partial charge in [-0.3, -0.25) is 29.8 Å². The normalized spacial score (nSPS) is 25.8. The van der Waals surface area contributed by atoms with Gasteiger partial charge in [0.25, 0.3) is 11.4 Å². The highest BCUT2D eigenvalue weighted by Crippen LogP contribution is 2.40. The molecule has 4 atom stereocenters. The number of fused-ring (bicyclic) bond motifs is 2. The van der Waals surface area contributed by atoms with Crippen molar-refractivity contribution in [2.75, 3.05) is 0 Å². The fourth-order valence-electron chi connectivity index (χ4n) is 3.08. The van der Waals surface area contributed by atoms with Gasteiger partial charge in [0.05, 0.1) is 28.1 Å². The minimum absolute atomic E-state index is 0.0470. The molecule has 0 amide bonds. The van der Waals surface area contributed by atoms with Crippen molar-refractivity contribution in [2.24, 2.45) is 11.8 Å². The molecule has 0 aliphatic carbocycles. The SMILES string of the molecule is O=C(O)C1C2C=CC(O2)C1C(=O)OCc1cc([N+](=O)[O-])cc([N+](=O)[O-])c1. The molecule has 2 bridgehead atoms. The van der Waals surface area contributed by atoms with Gasteiger partial charge in [-0.1, -0.05) is 12.2 Å². The Morgan fingerprint density at radius 1 is 1.04 bits per heavy atom. The van der Waals surface area contributed by atoms with Crippen molar-refractivity contribution in [3.8, 4) is 0 Å². The van der Waals surface area contributed by atoms with E-state index in [1.54, 1.807) is 12.2 Å². The number of nitro groups is 2. The van der Waals surface area contributed by atoms with Crippen molar-refractivity contribution < 1.29 is 34.0 Å². The summed E-state index contributed by atoms with van der Waals surface area (Å²) in [7, 11) is 0. The molecule has 2 aliphatic rings. The number of nitro benzene ring substituents is 2. The lowest BCUT2D eigenvalue weighted by Crippen LogP contribution is -2.37. The zero-order chi connectivity index (χ0) is 19.0. The monoisotopic (exact) mass is 364 g/mol. The summed E-state index contributed by atoms with van der Waals surface area (Å²) >= 11 is 0. The van der Waals surface area contributed by atoms with Gasteiger partial charge in [0.15, 0.2) is 0 Å². The highest BCUT2D eigenvalue weighted by Gasteiger charge is 2.54. The van der Waals surface area contributed by atoms with Crippen molar-refractivity contribution in [1.82, 2.24) is 0 Å². The number of carboxylic acid groups (broad SMARTS) is 1. The molecule has 1 aromatic rings. The number of carbonyl (C=O) groups excluding carboxylic acids is 1. The molecule has 1 N–H and O–H groups in total. The van der Waals surface area contributed by atoms with E-state index in [1.807, 2.05) is 0 Å². The largest absolute Gasteiger partial charge is 0.481 e. The third kappa shape index (κ3) is 3.11. The number of hydrogen-bond donors (Lipinski definition) is 1. The molecule has 0 aromatic heterocycles. The van der Waals surface area contributed by atoms with Gasteiger partial charge in [0.1, 0.15) is 18.4 Å². The van der Waals surface area contributed by atoms with E-state index >= 15 is 0 Å². The highest BCUT2D eigenvalue weighted by molar-refractivity contribution is 5.84.